The number of hydrogen-bond donors (Lipinski definition) is 0. The summed E-state index contributed by atoms with van der Waals surface area (Å²) in [5.41, 5.74) is 3.45. The molecule has 0 amide bonds. The summed E-state index contributed by atoms with van der Waals surface area (Å²) < 4.78 is 16.7. The number of Topliss-reactive ketones (excluding diaryl/α,β-unsaturated/α-hetero) is 1. The molecule has 5 heteroatoms. The predicted molar refractivity (Wildman–Crippen MR) is 107 cm³/mol. The SMILES string of the molecule is COc1cccc(C(=O)COc2cc(C)cc3oc(=O)c4c(c23)CCCC4)c1. The lowest BCUT2D eigenvalue weighted by Gasteiger charge is -2.18. The number of hydrogen-bond acceptors (Lipinski definition) is 5. The molecule has 0 saturated carbocycles. The van der Waals surface area contributed by atoms with Crippen molar-refractivity contribution in [2.75, 3.05) is 13.7 Å². The topological polar surface area (TPSA) is 65.7 Å². The summed E-state index contributed by atoms with van der Waals surface area (Å²) >= 11 is 0. The van der Waals surface area contributed by atoms with Crippen LogP contribution in [0.3, 0.4) is 0 Å². The first-order chi connectivity index (χ1) is 13.6. The molecule has 0 unspecified atom stereocenters. The van der Waals surface area contributed by atoms with Crippen LogP contribution in [0.2, 0.25) is 0 Å². The number of fused-ring (bicyclic) bond motifs is 3. The van der Waals surface area contributed by atoms with E-state index in [9.17, 15) is 9.59 Å². The molecular formula is C23H22O5. The number of benzene rings is 2. The summed E-state index contributed by atoms with van der Waals surface area (Å²) in [7, 11) is 1.57. The molecule has 0 bridgehead atoms. The summed E-state index contributed by atoms with van der Waals surface area (Å²) in [5, 5.41) is 0.818. The van der Waals surface area contributed by atoms with Crippen molar-refractivity contribution >= 4 is 16.8 Å². The Balaban J connectivity index is 1.70. The van der Waals surface area contributed by atoms with E-state index in [2.05, 4.69) is 0 Å². The minimum absolute atomic E-state index is 0.0976. The molecule has 5 nitrogen and oxygen atoms in total. The maximum atomic E-state index is 12.6. The van der Waals surface area contributed by atoms with Crippen molar-refractivity contribution < 1.29 is 18.7 Å². The minimum Gasteiger partial charge on any atom is -0.497 e. The smallest absolute Gasteiger partial charge is 0.339 e. The highest BCUT2D eigenvalue weighted by atomic mass is 16.5. The first-order valence-corrected chi connectivity index (χ1v) is 9.46. The molecule has 0 spiro atoms. The third-order valence-electron chi connectivity index (χ3n) is 5.18. The van der Waals surface area contributed by atoms with Gasteiger partial charge < -0.3 is 13.9 Å². The van der Waals surface area contributed by atoms with Crippen molar-refractivity contribution in [1.29, 1.82) is 0 Å². The van der Waals surface area contributed by atoms with Crippen LogP contribution in [0.15, 0.2) is 45.6 Å². The number of carbonyl (C=O) groups is 1. The van der Waals surface area contributed by atoms with Gasteiger partial charge in [0, 0.05) is 11.1 Å². The van der Waals surface area contributed by atoms with Crippen molar-refractivity contribution in [3.8, 4) is 11.5 Å². The van der Waals surface area contributed by atoms with E-state index in [1.54, 1.807) is 31.4 Å². The Morgan fingerprint density at radius 1 is 1.11 bits per heavy atom. The fourth-order valence-electron chi connectivity index (χ4n) is 3.80. The molecule has 2 aromatic carbocycles. The Hall–Kier alpha value is -3.08. The van der Waals surface area contributed by atoms with Gasteiger partial charge >= 0.3 is 5.63 Å². The second kappa shape index (κ2) is 7.50. The van der Waals surface area contributed by atoms with Gasteiger partial charge in [0.15, 0.2) is 12.4 Å². The first-order valence-electron chi connectivity index (χ1n) is 9.46. The highest BCUT2D eigenvalue weighted by Gasteiger charge is 2.21. The molecule has 0 atom stereocenters. The van der Waals surface area contributed by atoms with Gasteiger partial charge in [0.25, 0.3) is 0 Å². The number of rotatable bonds is 5. The summed E-state index contributed by atoms with van der Waals surface area (Å²) in [6, 6.07) is 10.8. The van der Waals surface area contributed by atoms with Crippen LogP contribution >= 0.6 is 0 Å². The van der Waals surface area contributed by atoms with Crippen LogP contribution in [0.1, 0.15) is 39.9 Å². The van der Waals surface area contributed by atoms with E-state index in [-0.39, 0.29) is 18.0 Å². The molecule has 0 radical (unpaired) electrons. The number of ether oxygens (including phenoxy) is 2. The highest BCUT2D eigenvalue weighted by molar-refractivity contribution is 5.98. The number of methoxy groups -OCH3 is 1. The summed E-state index contributed by atoms with van der Waals surface area (Å²) in [6.45, 7) is 1.81. The van der Waals surface area contributed by atoms with E-state index in [1.807, 2.05) is 19.1 Å². The van der Waals surface area contributed by atoms with Gasteiger partial charge in [-0.2, -0.15) is 0 Å². The predicted octanol–water partition coefficient (Wildman–Crippen LogP) is 4.25. The maximum absolute atomic E-state index is 12.6. The van der Waals surface area contributed by atoms with Crippen molar-refractivity contribution in [3.05, 3.63) is 69.1 Å². The van der Waals surface area contributed by atoms with E-state index in [0.717, 1.165) is 47.8 Å². The first kappa shape index (κ1) is 18.3. The molecule has 3 aromatic rings. The Kier molecular flexibility index (Phi) is 4.90. The monoisotopic (exact) mass is 378 g/mol. The normalized spacial score (nSPS) is 13.2. The standard InChI is InChI=1S/C23H22O5/c1-14-10-20(27-13-19(24)15-6-5-7-16(12-15)26-2)22-17-8-3-4-9-18(17)23(25)28-21(22)11-14/h5-7,10-12H,3-4,8-9,13H2,1-2H3. The Bertz CT molecular complexity index is 1110. The van der Waals surface area contributed by atoms with Crippen molar-refractivity contribution in [2.45, 2.75) is 32.6 Å². The fraction of sp³-hybridized carbons (Fsp3) is 0.304. The zero-order valence-corrected chi connectivity index (χ0v) is 16.0. The molecule has 0 saturated heterocycles. The quantitative estimate of drug-likeness (QED) is 0.490. The van der Waals surface area contributed by atoms with E-state index >= 15 is 0 Å². The molecule has 0 N–H and O–H groups in total. The van der Waals surface area contributed by atoms with Gasteiger partial charge in [0.1, 0.15) is 17.1 Å². The van der Waals surface area contributed by atoms with Gasteiger partial charge in [-0.05, 0) is 68.0 Å². The number of ketones is 1. The van der Waals surface area contributed by atoms with Gasteiger partial charge in [-0.1, -0.05) is 12.1 Å². The molecule has 144 valence electrons. The summed E-state index contributed by atoms with van der Waals surface area (Å²) in [6.07, 6.45) is 3.56. The van der Waals surface area contributed by atoms with E-state index < -0.39 is 0 Å². The van der Waals surface area contributed by atoms with Gasteiger partial charge in [0.2, 0.25) is 0 Å². The van der Waals surface area contributed by atoms with E-state index in [1.165, 1.54) is 0 Å². The van der Waals surface area contributed by atoms with E-state index in [4.69, 9.17) is 13.9 Å². The molecule has 4 rings (SSSR count). The van der Waals surface area contributed by atoms with Crippen LogP contribution in [0.5, 0.6) is 11.5 Å². The van der Waals surface area contributed by atoms with Crippen LogP contribution < -0.4 is 15.1 Å². The fourth-order valence-corrected chi connectivity index (χ4v) is 3.80. The van der Waals surface area contributed by atoms with Gasteiger partial charge in [0.05, 0.1) is 12.5 Å². The van der Waals surface area contributed by atoms with Crippen LogP contribution in [0.4, 0.5) is 0 Å². The largest absolute Gasteiger partial charge is 0.497 e. The summed E-state index contributed by atoms with van der Waals surface area (Å²) in [4.78, 5) is 24.9. The van der Waals surface area contributed by atoms with Gasteiger partial charge in [-0.15, -0.1) is 0 Å². The highest BCUT2D eigenvalue weighted by Crippen LogP contribution is 2.34. The van der Waals surface area contributed by atoms with Crippen LogP contribution in [-0.2, 0) is 12.8 Å². The average Bonchev–Trinajstić information content (AvgIpc) is 2.71. The van der Waals surface area contributed by atoms with E-state index in [0.29, 0.717) is 22.6 Å². The van der Waals surface area contributed by atoms with Gasteiger partial charge in [-0.3, -0.25) is 4.79 Å². The molecule has 0 fully saturated rings. The number of carbonyl (C=O) groups excluding carboxylic acids is 1. The lowest BCUT2D eigenvalue weighted by Crippen LogP contribution is -2.17. The Morgan fingerprint density at radius 3 is 2.68 bits per heavy atom. The zero-order valence-electron chi connectivity index (χ0n) is 16.0. The van der Waals surface area contributed by atoms with Crippen LogP contribution in [-0.4, -0.2) is 19.5 Å². The Labute approximate surface area is 162 Å². The second-order valence-corrected chi connectivity index (χ2v) is 7.13. The van der Waals surface area contributed by atoms with Crippen molar-refractivity contribution in [1.82, 2.24) is 0 Å². The lowest BCUT2D eigenvalue weighted by atomic mass is 9.90. The number of aryl methyl sites for hydroxylation is 2. The molecule has 1 aromatic heterocycles. The molecular weight excluding hydrogens is 356 g/mol. The average molecular weight is 378 g/mol. The molecule has 1 aliphatic carbocycles. The van der Waals surface area contributed by atoms with Crippen LogP contribution in [0, 0.1) is 6.92 Å². The molecule has 1 heterocycles. The third-order valence-corrected chi connectivity index (χ3v) is 5.18. The maximum Gasteiger partial charge on any atom is 0.339 e. The van der Waals surface area contributed by atoms with Crippen LogP contribution in [0.25, 0.3) is 11.0 Å². The Morgan fingerprint density at radius 2 is 1.89 bits per heavy atom. The summed E-state index contributed by atoms with van der Waals surface area (Å²) in [5.74, 6) is 1.08. The molecule has 28 heavy (non-hydrogen) atoms. The molecule has 1 aliphatic rings. The minimum atomic E-state index is -0.258. The van der Waals surface area contributed by atoms with Gasteiger partial charge in [-0.25, -0.2) is 4.79 Å². The lowest BCUT2D eigenvalue weighted by molar-refractivity contribution is 0.0922. The second-order valence-electron chi connectivity index (χ2n) is 7.13. The van der Waals surface area contributed by atoms with Crippen molar-refractivity contribution in [2.24, 2.45) is 0 Å². The zero-order chi connectivity index (χ0) is 19.7. The van der Waals surface area contributed by atoms with Crippen molar-refractivity contribution in [3.63, 3.8) is 0 Å². The third kappa shape index (κ3) is 3.40. The molecule has 0 aliphatic heterocycles.